The van der Waals surface area contributed by atoms with Crippen LogP contribution in [0.5, 0.6) is 0 Å². The molecule has 1 aromatic heterocycles. The molecule has 26 nitrogen and oxygen atoms in total. The van der Waals surface area contributed by atoms with Crippen molar-refractivity contribution in [3.05, 3.63) is 36.0 Å². The second kappa shape index (κ2) is 37.5. The minimum Gasteiger partial charge on any atom is -0.480 e. The number of benzene rings is 1. The molecule has 496 valence electrons. The lowest BCUT2D eigenvalue weighted by Gasteiger charge is -2.32. The Morgan fingerprint density at radius 3 is 1.27 bits per heavy atom. The number of aliphatic imine (C=N–C) groups is 1. The summed E-state index contributed by atoms with van der Waals surface area (Å²) in [7, 11) is 0. The number of H-pyrrole nitrogens is 1. The third kappa shape index (κ3) is 25.8. The second-order valence-corrected chi connectivity index (χ2v) is 25.5. The minimum absolute atomic E-state index is 0.0466. The van der Waals surface area contributed by atoms with Gasteiger partial charge in [0.25, 0.3) is 0 Å². The summed E-state index contributed by atoms with van der Waals surface area (Å²) in [4.78, 5) is 147. The zero-order chi connectivity index (χ0) is 66.9. The summed E-state index contributed by atoms with van der Waals surface area (Å²) < 4.78 is 0. The normalized spacial score (nSPS) is 16.1. The third-order valence-electron chi connectivity index (χ3n) is 15.3. The zero-order valence-electron chi connectivity index (χ0n) is 54.5. The van der Waals surface area contributed by atoms with Gasteiger partial charge >= 0.3 is 5.97 Å². The predicted octanol–water partition coefficient (Wildman–Crippen LogP) is 1.85. The molecule has 26 heteroatoms. The quantitative estimate of drug-likeness (QED) is 0.0258. The average Bonchev–Trinajstić information content (AvgIpc) is 3.63. The van der Waals surface area contributed by atoms with Gasteiger partial charge in [0.05, 0.1) is 12.1 Å². The van der Waals surface area contributed by atoms with Crippen molar-refractivity contribution in [2.45, 2.75) is 228 Å². The molecule has 0 spiro atoms. The highest BCUT2D eigenvalue weighted by molar-refractivity contribution is 5.99. The molecule has 0 aliphatic heterocycles. The van der Waals surface area contributed by atoms with Crippen LogP contribution in [0.15, 0.2) is 35.5 Å². The molecule has 0 saturated carbocycles. The van der Waals surface area contributed by atoms with Gasteiger partial charge in [0.15, 0.2) is 12.0 Å². The van der Waals surface area contributed by atoms with Gasteiger partial charge in [-0.25, -0.2) is 4.79 Å². The lowest BCUT2D eigenvalue weighted by atomic mass is 9.93. The highest BCUT2D eigenvalue weighted by atomic mass is 16.4. The molecule has 0 radical (unpaired) electrons. The summed E-state index contributed by atoms with van der Waals surface area (Å²) in [6.45, 7) is 26.6. The van der Waals surface area contributed by atoms with E-state index in [-0.39, 0.29) is 81.1 Å². The standard InChI is InChI=1S/C62H106N14O12/c1-16-36(13)49(59(85)72-46(27-33(7)8)54(80)68-43(23-20-24-66-62(64)65)53(79)76-51(38(15)77)61(87)88)75-60(86)50(37(14)17-2)74-58(84)48(35(11)12)73-57(83)47(28-34(9)10)71-56(82)45(26-32(5)6)70-55(81)44(25-31(3)4)69-52(78)41(63)29-39-30-67-42-22-19-18-21-40(39)42/h18-19,21-22,30-38,41,43-51,67,77H,16-17,20,23-29,63H2,1-15H3,(H,68,80)(H,69,78)(H,70,81)(H,71,82)(H,72,85)(H,73,83)(H,74,84)(H,75,86)(H,76,79)(H,87,88)(H4,64,65,66)/t36-,37-,38+,41-,43-,44-,45-,46-,47-,48-,49-,50-,51-/m0/s1. The van der Waals surface area contributed by atoms with E-state index in [0.29, 0.717) is 12.8 Å². The largest absolute Gasteiger partial charge is 0.480 e. The van der Waals surface area contributed by atoms with E-state index < -0.39 is 143 Å². The number of aliphatic hydroxyl groups excluding tert-OH is 1. The van der Waals surface area contributed by atoms with Crippen LogP contribution in [0.2, 0.25) is 0 Å². The number of hydrogen-bond acceptors (Lipinski definition) is 13. The number of carboxylic acids is 1. The molecule has 0 aliphatic carbocycles. The summed E-state index contributed by atoms with van der Waals surface area (Å²) in [5.41, 5.74) is 19.1. The van der Waals surface area contributed by atoms with E-state index in [1.807, 2.05) is 72.7 Å². The van der Waals surface area contributed by atoms with Crippen LogP contribution in [0.25, 0.3) is 10.9 Å². The van der Waals surface area contributed by atoms with Gasteiger partial charge in [0.1, 0.15) is 48.3 Å². The number of carbonyl (C=O) groups excluding carboxylic acids is 9. The number of amides is 9. The molecule has 9 amide bonds. The van der Waals surface area contributed by atoms with E-state index in [9.17, 15) is 58.2 Å². The van der Waals surface area contributed by atoms with Gasteiger partial charge in [0, 0.05) is 23.6 Å². The number of aromatic nitrogens is 1. The van der Waals surface area contributed by atoms with E-state index in [0.717, 1.165) is 16.5 Å². The maximum atomic E-state index is 14.5. The summed E-state index contributed by atoms with van der Waals surface area (Å²) in [6, 6.07) is -4.81. The topological polar surface area (TPSA) is 426 Å². The van der Waals surface area contributed by atoms with Crippen LogP contribution >= 0.6 is 0 Å². The molecule has 0 fully saturated rings. The molecule has 2 aromatic rings. The number of rotatable bonds is 39. The van der Waals surface area contributed by atoms with Crippen LogP contribution in [0.4, 0.5) is 0 Å². The van der Waals surface area contributed by atoms with Gasteiger partial charge < -0.3 is 80.2 Å². The number of hydrogen-bond donors (Lipinski definition) is 15. The predicted molar refractivity (Wildman–Crippen MR) is 338 cm³/mol. The maximum Gasteiger partial charge on any atom is 0.328 e. The molecule has 0 bridgehead atoms. The highest BCUT2D eigenvalue weighted by Gasteiger charge is 2.39. The number of nitrogens with two attached hydrogens (primary N) is 3. The number of carbonyl (C=O) groups is 10. The van der Waals surface area contributed by atoms with Crippen molar-refractivity contribution in [1.82, 2.24) is 52.8 Å². The Labute approximate surface area is 519 Å². The number of carboxylic acid groups (broad SMARTS) is 1. The summed E-state index contributed by atoms with van der Waals surface area (Å²) in [5.74, 6) is -10.2. The minimum atomic E-state index is -1.71. The molecule has 1 heterocycles. The van der Waals surface area contributed by atoms with E-state index in [1.54, 1.807) is 54.7 Å². The van der Waals surface area contributed by atoms with Gasteiger partial charge in [-0.3, -0.25) is 48.1 Å². The molecule has 2 rings (SSSR count). The number of para-hydroxylation sites is 1. The monoisotopic (exact) mass is 1240 g/mol. The van der Waals surface area contributed by atoms with Crippen molar-refractivity contribution in [3.8, 4) is 0 Å². The summed E-state index contributed by atoms with van der Waals surface area (Å²) >= 11 is 0. The number of fused-ring (bicyclic) bond motifs is 1. The summed E-state index contributed by atoms with van der Waals surface area (Å²) in [5, 5.41) is 45.2. The number of aromatic amines is 1. The molecular weight excluding hydrogens is 1130 g/mol. The smallest absolute Gasteiger partial charge is 0.328 e. The lowest BCUT2D eigenvalue weighted by molar-refractivity contribution is -0.145. The van der Waals surface area contributed by atoms with Crippen LogP contribution in [-0.4, -0.2) is 153 Å². The Hall–Kier alpha value is -7.35. The van der Waals surface area contributed by atoms with E-state index in [4.69, 9.17) is 17.2 Å². The first-order valence-electron chi connectivity index (χ1n) is 31.1. The van der Waals surface area contributed by atoms with Crippen LogP contribution < -0.4 is 65.1 Å². The molecule has 0 aliphatic rings. The SMILES string of the molecule is CC[C@H](C)[C@H](NC(=O)[C@@H](NC(=O)[C@H](CC(C)C)NC(=O)[C@H](CC(C)C)NC(=O)[C@H](CC(C)C)NC(=O)[C@@H](N)Cc1c[nH]c2ccccc12)C(C)C)C(=O)N[C@H](C(=O)N[C@@H](CC(C)C)C(=O)N[C@@H](CCCN=C(N)N)C(=O)N[C@H](C(=O)O)[C@@H](C)O)[C@@H](C)CC. The van der Waals surface area contributed by atoms with Crippen molar-refractivity contribution < 1.29 is 58.2 Å². The molecular formula is C62H106N14O12. The van der Waals surface area contributed by atoms with Gasteiger partial charge in [-0.15, -0.1) is 0 Å². The van der Waals surface area contributed by atoms with Crippen molar-refractivity contribution in [2.75, 3.05) is 6.54 Å². The summed E-state index contributed by atoms with van der Waals surface area (Å²) in [6.07, 6.45) is 1.99. The van der Waals surface area contributed by atoms with E-state index in [1.165, 1.54) is 6.92 Å². The maximum absolute atomic E-state index is 14.5. The van der Waals surface area contributed by atoms with E-state index >= 15 is 0 Å². The Kier molecular flexibility index (Phi) is 32.7. The number of nitrogens with one attached hydrogen (secondary N) is 10. The van der Waals surface area contributed by atoms with Crippen molar-refractivity contribution in [2.24, 2.45) is 63.6 Å². The van der Waals surface area contributed by atoms with Gasteiger partial charge in [-0.1, -0.05) is 128 Å². The van der Waals surface area contributed by atoms with Gasteiger partial charge in [-0.2, -0.15) is 0 Å². The number of aliphatic carboxylic acids is 1. The molecule has 0 saturated heterocycles. The number of nitrogens with zero attached hydrogens (tertiary/aromatic N) is 1. The Morgan fingerprint density at radius 2 is 0.864 bits per heavy atom. The molecule has 1 aromatic carbocycles. The highest BCUT2D eigenvalue weighted by Crippen LogP contribution is 2.21. The fourth-order valence-corrected chi connectivity index (χ4v) is 9.89. The van der Waals surface area contributed by atoms with E-state index in [2.05, 4.69) is 57.8 Å². The van der Waals surface area contributed by atoms with Gasteiger partial charge in [-0.05, 0) is 105 Å². The first kappa shape index (κ1) is 76.7. The van der Waals surface area contributed by atoms with Gasteiger partial charge in [0.2, 0.25) is 53.2 Å². The Bertz CT molecular complexity index is 2650. The fourth-order valence-electron chi connectivity index (χ4n) is 9.89. The first-order valence-corrected chi connectivity index (χ1v) is 31.1. The third-order valence-corrected chi connectivity index (χ3v) is 15.3. The Balaban J connectivity index is 2.39. The molecule has 18 N–H and O–H groups in total. The van der Waals surface area contributed by atoms with Crippen LogP contribution in [0.3, 0.4) is 0 Å². The average molecular weight is 1240 g/mol. The molecule has 88 heavy (non-hydrogen) atoms. The van der Waals surface area contributed by atoms with Crippen LogP contribution in [0, 0.1) is 41.4 Å². The fraction of sp³-hybridized carbons (Fsp3) is 0.694. The van der Waals surface area contributed by atoms with Crippen molar-refractivity contribution in [3.63, 3.8) is 0 Å². The number of guanidine groups is 1. The zero-order valence-corrected chi connectivity index (χ0v) is 54.5. The molecule has 0 unspecified atom stereocenters. The van der Waals surface area contributed by atoms with Crippen molar-refractivity contribution >= 4 is 76.0 Å². The first-order chi connectivity index (χ1) is 41.1. The number of aliphatic hydroxyl groups is 1. The van der Waals surface area contributed by atoms with Crippen LogP contribution in [0.1, 0.15) is 161 Å². The molecule has 13 atom stereocenters. The Morgan fingerprint density at radius 1 is 0.500 bits per heavy atom. The lowest BCUT2D eigenvalue weighted by Crippen LogP contribution is -2.63. The van der Waals surface area contributed by atoms with Crippen LogP contribution in [-0.2, 0) is 54.4 Å². The van der Waals surface area contributed by atoms with Crippen molar-refractivity contribution in [1.29, 1.82) is 0 Å². The second-order valence-electron chi connectivity index (χ2n) is 25.5.